The van der Waals surface area contributed by atoms with Crippen LogP contribution >= 0.6 is 0 Å². The minimum absolute atomic E-state index is 0.349. The van der Waals surface area contributed by atoms with Crippen molar-refractivity contribution in [3.63, 3.8) is 0 Å². The zero-order chi connectivity index (χ0) is 12.2. The van der Waals surface area contributed by atoms with Crippen molar-refractivity contribution in [2.75, 3.05) is 6.61 Å². The average molecular weight is 222 g/mol. The zero-order valence-corrected chi connectivity index (χ0v) is 10.0. The van der Waals surface area contributed by atoms with E-state index >= 15 is 0 Å². The summed E-state index contributed by atoms with van der Waals surface area (Å²) >= 11 is 0. The quantitative estimate of drug-likeness (QED) is 0.593. The molecular weight excluding hydrogens is 200 g/mol. The predicted molar refractivity (Wildman–Crippen MR) is 68.6 cm³/mol. The Balaban J connectivity index is 0.000000325. The van der Waals surface area contributed by atoms with E-state index < -0.39 is 0 Å². The number of hydrogen-bond donors (Lipinski definition) is 2. The maximum absolute atomic E-state index is 9.19. The van der Waals surface area contributed by atoms with Gasteiger partial charge >= 0.3 is 0 Å². The second-order valence-electron chi connectivity index (χ2n) is 3.55. The fourth-order valence-electron chi connectivity index (χ4n) is 1.20. The lowest BCUT2D eigenvalue weighted by molar-refractivity contribution is 0.284. The molecule has 1 rings (SSSR count). The predicted octanol–water partition coefficient (Wildman–Crippen LogP) is 3.29. The molecular formula is C14H22O2. The number of para-hydroxylation sites is 1. The zero-order valence-electron chi connectivity index (χ0n) is 10.0. The minimum atomic E-state index is 0.349. The van der Waals surface area contributed by atoms with Gasteiger partial charge in [0.15, 0.2) is 0 Å². The summed E-state index contributed by atoms with van der Waals surface area (Å²) in [6, 6.07) is 7.27. The number of phenolic OH excluding ortho intramolecular Hbond substituents is 1. The van der Waals surface area contributed by atoms with Gasteiger partial charge in [0.1, 0.15) is 5.75 Å². The number of phenols is 1. The lowest BCUT2D eigenvalue weighted by Gasteiger charge is -1.97. The summed E-state index contributed by atoms with van der Waals surface area (Å²) in [6.45, 7) is 6.06. The molecule has 1 aromatic rings. The highest BCUT2D eigenvalue weighted by molar-refractivity contribution is 5.32. The number of aliphatic hydroxyl groups excluding tert-OH is 1. The van der Waals surface area contributed by atoms with Gasteiger partial charge in [-0.2, -0.15) is 0 Å². The third kappa shape index (κ3) is 7.07. The molecule has 90 valence electrons. The van der Waals surface area contributed by atoms with Crippen molar-refractivity contribution in [2.24, 2.45) is 0 Å². The number of aromatic hydroxyl groups is 1. The van der Waals surface area contributed by atoms with Crippen LogP contribution in [0.15, 0.2) is 36.9 Å². The van der Waals surface area contributed by atoms with Gasteiger partial charge in [-0.1, -0.05) is 44.0 Å². The molecule has 0 fully saturated rings. The van der Waals surface area contributed by atoms with Crippen LogP contribution in [0, 0.1) is 0 Å². The van der Waals surface area contributed by atoms with Crippen molar-refractivity contribution in [1.82, 2.24) is 0 Å². The van der Waals surface area contributed by atoms with Gasteiger partial charge < -0.3 is 10.2 Å². The molecule has 0 bridgehead atoms. The molecule has 0 aromatic heterocycles. The number of rotatable bonds is 5. The van der Waals surface area contributed by atoms with Crippen molar-refractivity contribution in [3.05, 3.63) is 42.5 Å². The van der Waals surface area contributed by atoms with E-state index in [1.54, 1.807) is 12.1 Å². The van der Waals surface area contributed by atoms with Crippen LogP contribution in [0.2, 0.25) is 0 Å². The molecule has 0 radical (unpaired) electrons. The highest BCUT2D eigenvalue weighted by Gasteiger charge is 1.93. The van der Waals surface area contributed by atoms with Gasteiger partial charge in [0.25, 0.3) is 0 Å². The van der Waals surface area contributed by atoms with Crippen LogP contribution in [-0.2, 0) is 6.42 Å². The molecule has 0 aliphatic rings. The van der Waals surface area contributed by atoms with Crippen LogP contribution in [-0.4, -0.2) is 16.8 Å². The summed E-state index contributed by atoms with van der Waals surface area (Å²) in [7, 11) is 0. The Bertz CT molecular complexity index is 278. The van der Waals surface area contributed by atoms with Gasteiger partial charge in [-0.15, -0.1) is 6.58 Å². The van der Waals surface area contributed by atoms with Crippen LogP contribution in [0.3, 0.4) is 0 Å². The summed E-state index contributed by atoms with van der Waals surface area (Å²) in [6.07, 6.45) is 5.83. The number of allylic oxidation sites excluding steroid dienone is 1. The van der Waals surface area contributed by atoms with E-state index in [1.165, 1.54) is 6.42 Å². The van der Waals surface area contributed by atoms with Gasteiger partial charge in [-0.3, -0.25) is 0 Å². The first-order valence-electron chi connectivity index (χ1n) is 5.74. The Morgan fingerprint density at radius 3 is 2.38 bits per heavy atom. The van der Waals surface area contributed by atoms with Crippen LogP contribution in [0.4, 0.5) is 0 Å². The normalized spacial score (nSPS) is 9.12. The van der Waals surface area contributed by atoms with Gasteiger partial charge in [-0.05, 0) is 24.5 Å². The van der Waals surface area contributed by atoms with Gasteiger partial charge in [0.2, 0.25) is 0 Å². The second-order valence-corrected chi connectivity index (χ2v) is 3.55. The summed E-state index contributed by atoms with van der Waals surface area (Å²) in [5, 5.41) is 17.4. The topological polar surface area (TPSA) is 40.5 Å². The highest BCUT2D eigenvalue weighted by atomic mass is 16.3. The average Bonchev–Trinajstić information content (AvgIpc) is 2.31. The number of benzene rings is 1. The number of hydrogen-bond acceptors (Lipinski definition) is 2. The van der Waals surface area contributed by atoms with Crippen LogP contribution in [0.5, 0.6) is 5.75 Å². The van der Waals surface area contributed by atoms with Gasteiger partial charge in [0.05, 0.1) is 0 Å². The van der Waals surface area contributed by atoms with Crippen molar-refractivity contribution in [2.45, 2.75) is 32.6 Å². The first-order valence-corrected chi connectivity index (χ1v) is 5.74. The fraction of sp³-hybridized carbons (Fsp3) is 0.429. The molecule has 0 amide bonds. The molecule has 2 heteroatoms. The Labute approximate surface area is 98.3 Å². The fourth-order valence-corrected chi connectivity index (χ4v) is 1.20. The summed E-state index contributed by atoms with van der Waals surface area (Å²) < 4.78 is 0. The summed E-state index contributed by atoms with van der Waals surface area (Å²) in [5.41, 5.74) is 0.928. The smallest absolute Gasteiger partial charge is 0.119 e. The van der Waals surface area contributed by atoms with E-state index in [0.717, 1.165) is 24.8 Å². The number of aliphatic hydroxyl groups is 1. The Morgan fingerprint density at radius 1 is 1.25 bits per heavy atom. The van der Waals surface area contributed by atoms with E-state index in [4.69, 9.17) is 5.11 Å². The Morgan fingerprint density at radius 2 is 1.94 bits per heavy atom. The first-order chi connectivity index (χ1) is 7.76. The lowest BCUT2D eigenvalue weighted by Crippen LogP contribution is -1.79. The third-order valence-corrected chi connectivity index (χ3v) is 2.12. The van der Waals surface area contributed by atoms with Crippen molar-refractivity contribution >= 4 is 0 Å². The number of unbranched alkanes of at least 4 members (excludes halogenated alkanes) is 2. The molecule has 2 N–H and O–H groups in total. The molecule has 0 saturated heterocycles. The SMILES string of the molecule is C=CCc1ccccc1O.CCCCCO. The molecule has 0 saturated carbocycles. The molecule has 0 aliphatic heterocycles. The molecule has 0 heterocycles. The van der Waals surface area contributed by atoms with E-state index in [-0.39, 0.29) is 0 Å². The minimum Gasteiger partial charge on any atom is -0.508 e. The molecule has 0 aliphatic carbocycles. The molecule has 0 spiro atoms. The largest absolute Gasteiger partial charge is 0.508 e. The van der Waals surface area contributed by atoms with Crippen LogP contribution in [0.1, 0.15) is 31.7 Å². The monoisotopic (exact) mass is 222 g/mol. The maximum Gasteiger partial charge on any atom is 0.119 e. The van der Waals surface area contributed by atoms with Crippen LogP contribution < -0.4 is 0 Å². The summed E-state index contributed by atoms with van der Waals surface area (Å²) in [4.78, 5) is 0. The van der Waals surface area contributed by atoms with Crippen molar-refractivity contribution in [1.29, 1.82) is 0 Å². The van der Waals surface area contributed by atoms with E-state index in [0.29, 0.717) is 12.4 Å². The lowest BCUT2D eigenvalue weighted by atomic mass is 10.1. The van der Waals surface area contributed by atoms with E-state index in [1.807, 2.05) is 18.2 Å². The van der Waals surface area contributed by atoms with Gasteiger partial charge in [0, 0.05) is 6.61 Å². The van der Waals surface area contributed by atoms with E-state index in [2.05, 4.69) is 13.5 Å². The molecule has 1 aromatic carbocycles. The second kappa shape index (κ2) is 10.2. The van der Waals surface area contributed by atoms with Crippen molar-refractivity contribution < 1.29 is 10.2 Å². The Hall–Kier alpha value is -1.28. The summed E-state index contributed by atoms with van der Waals surface area (Å²) in [5.74, 6) is 0.349. The maximum atomic E-state index is 9.19. The highest BCUT2D eigenvalue weighted by Crippen LogP contribution is 2.15. The first kappa shape index (κ1) is 14.7. The Kier molecular flexibility index (Phi) is 9.43. The third-order valence-electron chi connectivity index (χ3n) is 2.12. The molecule has 16 heavy (non-hydrogen) atoms. The van der Waals surface area contributed by atoms with Gasteiger partial charge in [-0.25, -0.2) is 0 Å². The molecule has 2 nitrogen and oxygen atoms in total. The molecule has 0 unspecified atom stereocenters. The van der Waals surface area contributed by atoms with E-state index in [9.17, 15) is 5.11 Å². The van der Waals surface area contributed by atoms with Crippen LogP contribution in [0.25, 0.3) is 0 Å². The standard InChI is InChI=1S/C9H10O.C5H12O/c1-2-5-8-6-3-4-7-9(8)10;1-2-3-4-5-6/h2-4,6-7,10H,1,5H2;6H,2-5H2,1H3. The molecule has 0 atom stereocenters. The van der Waals surface area contributed by atoms with Crippen molar-refractivity contribution in [3.8, 4) is 5.75 Å².